The second-order valence-corrected chi connectivity index (χ2v) is 4.65. The lowest BCUT2D eigenvalue weighted by molar-refractivity contribution is 0.0601. The SMILES string of the molecule is COC(=O)c1ccc(Nc2nc(C)c(CCO)c(=O)[nH]2)cc1. The largest absolute Gasteiger partial charge is 0.465 e. The second kappa shape index (κ2) is 6.86. The quantitative estimate of drug-likeness (QED) is 0.716. The van der Waals surface area contributed by atoms with Gasteiger partial charge in [0.1, 0.15) is 0 Å². The van der Waals surface area contributed by atoms with E-state index in [2.05, 4.69) is 20.0 Å². The third kappa shape index (κ3) is 3.50. The number of aromatic amines is 1. The van der Waals surface area contributed by atoms with E-state index in [-0.39, 0.29) is 18.6 Å². The van der Waals surface area contributed by atoms with Crippen LogP contribution in [-0.2, 0) is 11.2 Å². The van der Waals surface area contributed by atoms with Crippen LogP contribution in [0, 0.1) is 6.92 Å². The van der Waals surface area contributed by atoms with E-state index in [0.717, 1.165) is 0 Å². The topological polar surface area (TPSA) is 104 Å². The molecule has 0 radical (unpaired) electrons. The van der Waals surface area contributed by atoms with Gasteiger partial charge in [0.05, 0.1) is 18.4 Å². The number of benzene rings is 1. The van der Waals surface area contributed by atoms with Crippen molar-refractivity contribution in [3.8, 4) is 0 Å². The number of hydrogen-bond donors (Lipinski definition) is 3. The minimum Gasteiger partial charge on any atom is -0.465 e. The smallest absolute Gasteiger partial charge is 0.337 e. The van der Waals surface area contributed by atoms with Crippen LogP contribution < -0.4 is 10.9 Å². The molecule has 1 aromatic heterocycles. The maximum absolute atomic E-state index is 11.9. The molecule has 0 atom stereocenters. The predicted octanol–water partition coefficient (Wildman–Crippen LogP) is 1.14. The molecule has 0 bridgehead atoms. The zero-order valence-corrected chi connectivity index (χ0v) is 12.3. The fraction of sp³-hybridized carbons (Fsp3) is 0.267. The van der Waals surface area contributed by atoms with Crippen LogP contribution in [0.4, 0.5) is 11.6 Å². The molecular weight excluding hydrogens is 286 g/mol. The van der Waals surface area contributed by atoms with E-state index >= 15 is 0 Å². The number of nitrogens with one attached hydrogen (secondary N) is 2. The number of nitrogens with zero attached hydrogens (tertiary/aromatic N) is 1. The number of carbonyl (C=O) groups is 1. The molecule has 7 heteroatoms. The Labute approximate surface area is 127 Å². The number of H-pyrrole nitrogens is 1. The Morgan fingerprint density at radius 3 is 2.59 bits per heavy atom. The van der Waals surface area contributed by atoms with Gasteiger partial charge in [-0.15, -0.1) is 0 Å². The number of aliphatic hydroxyl groups excluding tert-OH is 1. The maximum atomic E-state index is 11.9. The zero-order chi connectivity index (χ0) is 16.1. The number of aromatic nitrogens is 2. The summed E-state index contributed by atoms with van der Waals surface area (Å²) in [6.45, 7) is 1.61. The van der Waals surface area contributed by atoms with Crippen LogP contribution in [0.3, 0.4) is 0 Å². The van der Waals surface area contributed by atoms with Gasteiger partial charge in [0.15, 0.2) is 0 Å². The minimum absolute atomic E-state index is 0.104. The summed E-state index contributed by atoms with van der Waals surface area (Å²) < 4.78 is 4.62. The summed E-state index contributed by atoms with van der Waals surface area (Å²) in [6.07, 6.45) is 0.266. The monoisotopic (exact) mass is 303 g/mol. The highest BCUT2D eigenvalue weighted by Crippen LogP contribution is 2.14. The van der Waals surface area contributed by atoms with E-state index in [9.17, 15) is 9.59 Å². The molecule has 0 amide bonds. The second-order valence-electron chi connectivity index (χ2n) is 4.65. The first kappa shape index (κ1) is 15.7. The first-order valence-corrected chi connectivity index (χ1v) is 6.71. The molecule has 116 valence electrons. The molecule has 22 heavy (non-hydrogen) atoms. The fourth-order valence-corrected chi connectivity index (χ4v) is 2.02. The van der Waals surface area contributed by atoms with E-state index in [0.29, 0.717) is 28.5 Å². The van der Waals surface area contributed by atoms with Crippen molar-refractivity contribution in [3.05, 3.63) is 51.4 Å². The molecule has 0 fully saturated rings. The average Bonchev–Trinajstić information content (AvgIpc) is 2.51. The van der Waals surface area contributed by atoms with Crippen LogP contribution in [0.2, 0.25) is 0 Å². The van der Waals surface area contributed by atoms with Gasteiger partial charge in [-0.2, -0.15) is 0 Å². The summed E-state index contributed by atoms with van der Waals surface area (Å²) in [6, 6.07) is 6.59. The van der Waals surface area contributed by atoms with Crippen molar-refractivity contribution in [3.63, 3.8) is 0 Å². The van der Waals surface area contributed by atoms with E-state index in [1.54, 1.807) is 31.2 Å². The lowest BCUT2D eigenvalue weighted by Gasteiger charge is -2.09. The Bertz CT molecular complexity index is 723. The maximum Gasteiger partial charge on any atom is 0.337 e. The third-order valence-corrected chi connectivity index (χ3v) is 3.15. The Morgan fingerprint density at radius 1 is 1.36 bits per heavy atom. The lowest BCUT2D eigenvalue weighted by Crippen LogP contribution is -2.19. The number of aryl methyl sites for hydroxylation is 1. The fourth-order valence-electron chi connectivity index (χ4n) is 2.02. The van der Waals surface area contributed by atoms with Crippen molar-refractivity contribution in [2.24, 2.45) is 0 Å². The third-order valence-electron chi connectivity index (χ3n) is 3.15. The van der Waals surface area contributed by atoms with Crippen LogP contribution in [-0.4, -0.2) is 34.8 Å². The van der Waals surface area contributed by atoms with Crippen molar-refractivity contribution in [1.82, 2.24) is 9.97 Å². The van der Waals surface area contributed by atoms with Gasteiger partial charge in [-0.25, -0.2) is 9.78 Å². The molecule has 0 aliphatic heterocycles. The number of methoxy groups -OCH3 is 1. The molecule has 0 aliphatic rings. The number of aliphatic hydroxyl groups is 1. The number of carbonyl (C=O) groups excluding carboxylic acids is 1. The molecule has 1 heterocycles. The van der Waals surface area contributed by atoms with E-state index in [1.165, 1.54) is 7.11 Å². The van der Waals surface area contributed by atoms with Crippen LogP contribution in [0.5, 0.6) is 0 Å². The van der Waals surface area contributed by atoms with Gasteiger partial charge in [-0.3, -0.25) is 9.78 Å². The minimum atomic E-state index is -0.415. The highest BCUT2D eigenvalue weighted by molar-refractivity contribution is 5.89. The predicted molar refractivity (Wildman–Crippen MR) is 81.4 cm³/mol. The van der Waals surface area contributed by atoms with Gasteiger partial charge < -0.3 is 15.2 Å². The van der Waals surface area contributed by atoms with E-state index in [1.807, 2.05) is 0 Å². The highest BCUT2D eigenvalue weighted by atomic mass is 16.5. The molecule has 0 spiro atoms. The van der Waals surface area contributed by atoms with Crippen LogP contribution in [0.25, 0.3) is 0 Å². The van der Waals surface area contributed by atoms with Crippen molar-refractivity contribution >= 4 is 17.6 Å². The van der Waals surface area contributed by atoms with E-state index in [4.69, 9.17) is 5.11 Å². The molecule has 0 unspecified atom stereocenters. The van der Waals surface area contributed by atoms with Crippen molar-refractivity contribution < 1.29 is 14.6 Å². The highest BCUT2D eigenvalue weighted by Gasteiger charge is 2.08. The Morgan fingerprint density at radius 2 is 2.05 bits per heavy atom. The number of anilines is 2. The van der Waals surface area contributed by atoms with Crippen molar-refractivity contribution in [2.75, 3.05) is 19.0 Å². The molecular formula is C15H17N3O4. The summed E-state index contributed by atoms with van der Waals surface area (Å²) in [5.41, 5.74) is 1.85. The standard InChI is InChI=1S/C15H17N3O4/c1-9-12(7-8-19)13(20)18-15(16-9)17-11-5-3-10(4-6-11)14(21)22-2/h3-6,19H,7-8H2,1-2H3,(H2,16,17,18,20). The van der Waals surface area contributed by atoms with Gasteiger partial charge in [-0.1, -0.05) is 0 Å². The van der Waals surface area contributed by atoms with Crippen LogP contribution in [0.15, 0.2) is 29.1 Å². The Hall–Kier alpha value is -2.67. The number of esters is 1. The molecule has 0 saturated carbocycles. The van der Waals surface area contributed by atoms with Gasteiger partial charge >= 0.3 is 5.97 Å². The summed E-state index contributed by atoms with van der Waals surface area (Å²) >= 11 is 0. The van der Waals surface area contributed by atoms with E-state index < -0.39 is 5.97 Å². The number of ether oxygens (including phenoxy) is 1. The average molecular weight is 303 g/mol. The Kier molecular flexibility index (Phi) is 4.90. The molecule has 0 saturated heterocycles. The zero-order valence-electron chi connectivity index (χ0n) is 12.3. The molecule has 1 aromatic carbocycles. The first-order chi connectivity index (χ1) is 10.5. The lowest BCUT2D eigenvalue weighted by atomic mass is 10.2. The van der Waals surface area contributed by atoms with Gasteiger partial charge in [-0.05, 0) is 31.2 Å². The van der Waals surface area contributed by atoms with Gasteiger partial charge in [0, 0.05) is 24.3 Å². The van der Waals surface area contributed by atoms with Gasteiger partial charge in [0.25, 0.3) is 5.56 Å². The van der Waals surface area contributed by atoms with Crippen LogP contribution >= 0.6 is 0 Å². The van der Waals surface area contributed by atoms with Crippen LogP contribution in [0.1, 0.15) is 21.6 Å². The molecule has 2 rings (SSSR count). The molecule has 0 aliphatic carbocycles. The number of rotatable bonds is 5. The summed E-state index contributed by atoms with van der Waals surface area (Å²) in [4.78, 5) is 30.1. The molecule has 7 nitrogen and oxygen atoms in total. The summed E-state index contributed by atoms with van der Waals surface area (Å²) in [5, 5.41) is 11.9. The number of hydrogen-bond acceptors (Lipinski definition) is 6. The normalized spacial score (nSPS) is 10.3. The summed E-state index contributed by atoms with van der Waals surface area (Å²) in [5.74, 6) is -0.114. The summed E-state index contributed by atoms with van der Waals surface area (Å²) in [7, 11) is 1.32. The van der Waals surface area contributed by atoms with Crippen molar-refractivity contribution in [1.29, 1.82) is 0 Å². The molecule has 3 N–H and O–H groups in total. The Balaban J connectivity index is 2.20. The molecule has 2 aromatic rings. The first-order valence-electron chi connectivity index (χ1n) is 6.71. The van der Waals surface area contributed by atoms with Crippen molar-refractivity contribution in [2.45, 2.75) is 13.3 Å². The van der Waals surface area contributed by atoms with Gasteiger partial charge in [0.2, 0.25) is 5.95 Å².